The first-order valence-electron chi connectivity index (χ1n) is 4.25. The van der Waals surface area contributed by atoms with Crippen LogP contribution in [-0.2, 0) is 0 Å². The van der Waals surface area contributed by atoms with E-state index in [1.165, 1.54) is 11.1 Å². The zero-order chi connectivity index (χ0) is 10.0. The number of aryl methyl sites for hydroxylation is 2. The highest BCUT2D eigenvalue weighted by Crippen LogP contribution is 2.22. The molecule has 2 nitrogen and oxygen atoms in total. The third-order valence-corrected chi connectivity index (χ3v) is 2.21. The van der Waals surface area contributed by atoms with Crippen molar-refractivity contribution in [2.24, 2.45) is 0 Å². The molecule has 0 aliphatic rings. The van der Waals surface area contributed by atoms with Crippen LogP contribution in [0.3, 0.4) is 0 Å². The molecule has 0 heterocycles. The van der Waals surface area contributed by atoms with Crippen molar-refractivity contribution in [3.05, 3.63) is 28.8 Å². The van der Waals surface area contributed by atoms with E-state index in [1.807, 2.05) is 38.1 Å². The summed E-state index contributed by atoms with van der Waals surface area (Å²) in [5, 5.41) is 8.91. The summed E-state index contributed by atoms with van der Waals surface area (Å²) in [6, 6.07) is 6.19. The zero-order valence-corrected chi connectivity index (χ0v) is 8.55. The molecule has 0 saturated carbocycles. The minimum Gasteiger partial charge on any atom is -0.377 e. The lowest BCUT2D eigenvalue weighted by Gasteiger charge is -2.15. The Morgan fingerprint density at radius 2 is 1.69 bits per heavy atom. The Balaban J connectivity index is 3.35. The molecule has 1 aromatic carbocycles. The van der Waals surface area contributed by atoms with Gasteiger partial charge in [-0.3, -0.25) is 0 Å². The Kier molecular flexibility index (Phi) is 2.57. The summed E-state index contributed by atoms with van der Waals surface area (Å²) in [6.07, 6.45) is 0. The fourth-order valence-corrected chi connectivity index (χ4v) is 1.26. The van der Waals surface area contributed by atoms with E-state index in [2.05, 4.69) is 13.0 Å². The third-order valence-electron chi connectivity index (χ3n) is 2.21. The van der Waals surface area contributed by atoms with Crippen LogP contribution in [0.1, 0.15) is 16.7 Å². The van der Waals surface area contributed by atoms with Gasteiger partial charge in [0.1, 0.15) is 6.07 Å². The van der Waals surface area contributed by atoms with Gasteiger partial charge in [0, 0.05) is 14.1 Å². The summed E-state index contributed by atoms with van der Waals surface area (Å²) in [5.41, 5.74) is 4.13. The van der Waals surface area contributed by atoms with Gasteiger partial charge in [0.15, 0.2) is 0 Å². The van der Waals surface area contributed by atoms with Gasteiger partial charge in [0.05, 0.1) is 11.3 Å². The molecule has 0 N–H and O–H groups in total. The molecule has 0 spiro atoms. The molecule has 1 rings (SSSR count). The lowest BCUT2D eigenvalue weighted by Crippen LogP contribution is -2.11. The van der Waals surface area contributed by atoms with E-state index < -0.39 is 0 Å². The van der Waals surface area contributed by atoms with Crippen molar-refractivity contribution < 1.29 is 0 Å². The molecule has 0 atom stereocenters. The topological polar surface area (TPSA) is 27.0 Å². The maximum Gasteiger partial charge on any atom is 0.101 e. The van der Waals surface area contributed by atoms with E-state index in [0.29, 0.717) is 0 Å². The molecule has 0 bridgehead atoms. The second-order valence-electron chi connectivity index (χ2n) is 3.46. The Morgan fingerprint density at radius 1 is 1.15 bits per heavy atom. The number of nitriles is 1. The van der Waals surface area contributed by atoms with Crippen LogP contribution >= 0.6 is 0 Å². The molecule has 0 aliphatic heterocycles. The zero-order valence-electron chi connectivity index (χ0n) is 8.55. The minimum absolute atomic E-state index is 0.744. The molecule has 0 aromatic heterocycles. The van der Waals surface area contributed by atoms with Gasteiger partial charge in [-0.25, -0.2) is 0 Å². The highest BCUT2D eigenvalue weighted by molar-refractivity contribution is 5.61. The molecule has 13 heavy (non-hydrogen) atoms. The number of rotatable bonds is 1. The summed E-state index contributed by atoms with van der Waals surface area (Å²) >= 11 is 0. The van der Waals surface area contributed by atoms with E-state index in [0.717, 1.165) is 11.3 Å². The van der Waals surface area contributed by atoms with E-state index >= 15 is 0 Å². The predicted octanol–water partition coefficient (Wildman–Crippen LogP) is 2.24. The van der Waals surface area contributed by atoms with Gasteiger partial charge in [-0.05, 0) is 37.1 Å². The lowest BCUT2D eigenvalue weighted by molar-refractivity contribution is 1.11. The number of hydrogen-bond donors (Lipinski definition) is 0. The van der Waals surface area contributed by atoms with Crippen LogP contribution < -0.4 is 4.90 Å². The van der Waals surface area contributed by atoms with Crippen molar-refractivity contribution in [3.8, 4) is 6.07 Å². The van der Waals surface area contributed by atoms with Gasteiger partial charge < -0.3 is 4.90 Å². The number of benzene rings is 1. The fourth-order valence-electron chi connectivity index (χ4n) is 1.26. The Hall–Kier alpha value is -1.49. The Bertz CT molecular complexity index is 359. The molecule has 2 heteroatoms. The SMILES string of the molecule is Cc1cc(C#N)c(N(C)C)cc1C. The van der Waals surface area contributed by atoms with Gasteiger partial charge in [0.2, 0.25) is 0 Å². The van der Waals surface area contributed by atoms with Crippen LogP contribution in [0, 0.1) is 25.2 Å². The Labute approximate surface area is 79.4 Å². The molecule has 0 radical (unpaired) electrons. The van der Waals surface area contributed by atoms with Crippen molar-refractivity contribution in [2.75, 3.05) is 19.0 Å². The van der Waals surface area contributed by atoms with Gasteiger partial charge in [-0.1, -0.05) is 0 Å². The summed E-state index contributed by atoms with van der Waals surface area (Å²) in [7, 11) is 3.90. The van der Waals surface area contributed by atoms with Crippen molar-refractivity contribution in [1.29, 1.82) is 5.26 Å². The standard InChI is InChI=1S/C11H14N2/c1-8-5-10(7-12)11(13(3)4)6-9(8)2/h5-6H,1-4H3. The van der Waals surface area contributed by atoms with Crippen molar-refractivity contribution in [3.63, 3.8) is 0 Å². The van der Waals surface area contributed by atoms with E-state index in [1.54, 1.807) is 0 Å². The number of hydrogen-bond acceptors (Lipinski definition) is 2. The first kappa shape index (κ1) is 9.60. The normalized spacial score (nSPS) is 9.46. The first-order valence-corrected chi connectivity index (χ1v) is 4.25. The monoisotopic (exact) mass is 174 g/mol. The fraction of sp³-hybridized carbons (Fsp3) is 0.364. The number of anilines is 1. The molecule has 0 unspecified atom stereocenters. The quantitative estimate of drug-likeness (QED) is 0.653. The second-order valence-corrected chi connectivity index (χ2v) is 3.46. The second kappa shape index (κ2) is 3.49. The van der Waals surface area contributed by atoms with Gasteiger partial charge >= 0.3 is 0 Å². The molecule has 0 fully saturated rings. The lowest BCUT2D eigenvalue weighted by atomic mass is 10.0. The average molecular weight is 174 g/mol. The Morgan fingerprint density at radius 3 is 2.15 bits per heavy atom. The van der Waals surface area contributed by atoms with E-state index in [4.69, 9.17) is 5.26 Å². The predicted molar refractivity (Wildman–Crippen MR) is 55.0 cm³/mol. The molecule has 68 valence electrons. The van der Waals surface area contributed by atoms with Crippen LogP contribution in [0.2, 0.25) is 0 Å². The molecule has 1 aromatic rings. The molecule has 0 aliphatic carbocycles. The summed E-state index contributed by atoms with van der Waals surface area (Å²) in [4.78, 5) is 1.96. The van der Waals surface area contributed by atoms with Gasteiger partial charge in [-0.15, -0.1) is 0 Å². The third kappa shape index (κ3) is 1.81. The molecular formula is C11H14N2. The highest BCUT2D eigenvalue weighted by Gasteiger charge is 2.05. The summed E-state index contributed by atoms with van der Waals surface area (Å²) in [6.45, 7) is 4.08. The minimum atomic E-state index is 0.744. The van der Waals surface area contributed by atoms with Crippen molar-refractivity contribution in [1.82, 2.24) is 0 Å². The van der Waals surface area contributed by atoms with Crippen molar-refractivity contribution >= 4 is 5.69 Å². The van der Waals surface area contributed by atoms with Crippen LogP contribution in [0.15, 0.2) is 12.1 Å². The summed E-state index contributed by atoms with van der Waals surface area (Å²) in [5.74, 6) is 0. The molecular weight excluding hydrogens is 160 g/mol. The van der Waals surface area contributed by atoms with Gasteiger partial charge in [-0.2, -0.15) is 5.26 Å². The smallest absolute Gasteiger partial charge is 0.101 e. The average Bonchev–Trinajstić information content (AvgIpc) is 2.08. The van der Waals surface area contributed by atoms with Crippen LogP contribution in [0.5, 0.6) is 0 Å². The number of nitrogens with zero attached hydrogens (tertiary/aromatic N) is 2. The van der Waals surface area contributed by atoms with Gasteiger partial charge in [0.25, 0.3) is 0 Å². The van der Waals surface area contributed by atoms with E-state index in [9.17, 15) is 0 Å². The first-order chi connectivity index (χ1) is 6.06. The van der Waals surface area contributed by atoms with Crippen LogP contribution in [0.4, 0.5) is 5.69 Å². The summed E-state index contributed by atoms with van der Waals surface area (Å²) < 4.78 is 0. The van der Waals surface area contributed by atoms with Crippen LogP contribution in [0.25, 0.3) is 0 Å². The molecule has 0 saturated heterocycles. The maximum atomic E-state index is 8.91. The maximum absolute atomic E-state index is 8.91. The van der Waals surface area contributed by atoms with Crippen LogP contribution in [-0.4, -0.2) is 14.1 Å². The molecule has 0 amide bonds. The largest absolute Gasteiger partial charge is 0.377 e. The highest BCUT2D eigenvalue weighted by atomic mass is 15.1. The van der Waals surface area contributed by atoms with Crippen molar-refractivity contribution in [2.45, 2.75) is 13.8 Å². The van der Waals surface area contributed by atoms with E-state index in [-0.39, 0.29) is 0 Å².